The van der Waals surface area contributed by atoms with Crippen LogP contribution in [0.2, 0.25) is 0 Å². The number of hydrogen-bond acceptors (Lipinski definition) is 3. The summed E-state index contributed by atoms with van der Waals surface area (Å²) in [5, 5.41) is 2.58. The first-order valence-electron chi connectivity index (χ1n) is 5.31. The molecule has 20 heavy (non-hydrogen) atoms. The number of hydrogen-bond donors (Lipinski definition) is 1. The van der Waals surface area contributed by atoms with Gasteiger partial charge in [-0.3, -0.25) is 0 Å². The molecule has 1 aromatic rings. The molecular formula is C11H11F6NO2. The van der Waals surface area contributed by atoms with E-state index in [4.69, 9.17) is 0 Å². The van der Waals surface area contributed by atoms with E-state index in [9.17, 15) is 26.3 Å². The summed E-state index contributed by atoms with van der Waals surface area (Å²) in [6, 6.07) is 3.39. The van der Waals surface area contributed by atoms with Crippen LogP contribution < -0.4 is 14.8 Å². The van der Waals surface area contributed by atoms with Gasteiger partial charge < -0.3 is 14.8 Å². The molecule has 0 amide bonds. The van der Waals surface area contributed by atoms with Gasteiger partial charge in [-0.15, -0.1) is 0 Å². The second kappa shape index (κ2) is 6.10. The number of rotatable bonds is 5. The second-order valence-corrected chi connectivity index (χ2v) is 3.75. The van der Waals surface area contributed by atoms with Crippen molar-refractivity contribution in [2.24, 2.45) is 0 Å². The molecule has 0 fully saturated rings. The highest BCUT2D eigenvalue weighted by Gasteiger charge is 2.29. The van der Waals surface area contributed by atoms with Crippen molar-refractivity contribution >= 4 is 5.69 Å². The Morgan fingerprint density at radius 3 is 1.55 bits per heavy atom. The molecule has 0 aliphatic carbocycles. The van der Waals surface area contributed by atoms with Gasteiger partial charge in [0.2, 0.25) is 0 Å². The minimum absolute atomic E-state index is 0.244. The third-order valence-electron chi connectivity index (χ3n) is 1.97. The molecule has 0 bridgehead atoms. The van der Waals surface area contributed by atoms with Crippen molar-refractivity contribution in [3.63, 3.8) is 0 Å². The first kappa shape index (κ1) is 16.3. The maximum absolute atomic E-state index is 12.0. The van der Waals surface area contributed by atoms with Gasteiger partial charge in [-0.25, -0.2) is 0 Å². The fraction of sp³-hybridized carbons (Fsp3) is 0.455. The largest absolute Gasteiger partial charge is 0.484 e. The molecule has 1 aromatic carbocycles. The predicted octanol–water partition coefficient (Wildman–Crippen LogP) is 3.61. The van der Waals surface area contributed by atoms with E-state index in [1.807, 2.05) is 0 Å². The second-order valence-electron chi connectivity index (χ2n) is 3.75. The molecule has 1 rings (SSSR count). The van der Waals surface area contributed by atoms with Crippen LogP contribution in [0.1, 0.15) is 0 Å². The van der Waals surface area contributed by atoms with Crippen molar-refractivity contribution in [3.05, 3.63) is 18.2 Å². The maximum atomic E-state index is 12.0. The van der Waals surface area contributed by atoms with Crippen LogP contribution >= 0.6 is 0 Å². The highest BCUT2D eigenvalue weighted by Crippen LogP contribution is 2.28. The Bertz CT molecular complexity index is 407. The van der Waals surface area contributed by atoms with Crippen molar-refractivity contribution < 1.29 is 35.8 Å². The van der Waals surface area contributed by atoms with Gasteiger partial charge in [0, 0.05) is 30.9 Å². The zero-order valence-electron chi connectivity index (χ0n) is 10.2. The smallest absolute Gasteiger partial charge is 0.422 e. The monoisotopic (exact) mass is 303 g/mol. The molecule has 0 aromatic heterocycles. The lowest BCUT2D eigenvalue weighted by molar-refractivity contribution is -0.153. The topological polar surface area (TPSA) is 30.5 Å². The fourth-order valence-electron chi connectivity index (χ4n) is 1.21. The van der Waals surface area contributed by atoms with E-state index in [1.54, 1.807) is 0 Å². The lowest BCUT2D eigenvalue weighted by Crippen LogP contribution is -2.20. The summed E-state index contributed by atoms with van der Waals surface area (Å²) in [5.74, 6) is -0.488. The van der Waals surface area contributed by atoms with E-state index in [0.29, 0.717) is 0 Å². The Labute approximate surface area is 110 Å². The molecule has 0 unspecified atom stereocenters. The third kappa shape index (κ3) is 6.39. The number of anilines is 1. The molecule has 0 radical (unpaired) electrons. The van der Waals surface area contributed by atoms with Crippen molar-refractivity contribution in [2.45, 2.75) is 12.4 Å². The quantitative estimate of drug-likeness (QED) is 0.843. The Balaban J connectivity index is 2.80. The van der Waals surface area contributed by atoms with Crippen LogP contribution in [-0.4, -0.2) is 32.6 Å². The van der Waals surface area contributed by atoms with Gasteiger partial charge in [-0.1, -0.05) is 0 Å². The van der Waals surface area contributed by atoms with Crippen LogP contribution in [0, 0.1) is 0 Å². The van der Waals surface area contributed by atoms with Gasteiger partial charge >= 0.3 is 12.4 Å². The standard InChI is InChI=1S/C11H11F6NO2/c1-18-7-2-8(19-5-10(12,13)14)4-9(3-7)20-6-11(15,16)17/h2-4,18H,5-6H2,1H3. The average molecular weight is 303 g/mol. The summed E-state index contributed by atoms with van der Waals surface area (Å²) in [4.78, 5) is 0. The molecule has 0 aliphatic rings. The van der Waals surface area contributed by atoms with Gasteiger partial charge in [-0.05, 0) is 0 Å². The Hall–Kier alpha value is -1.80. The van der Waals surface area contributed by atoms with Gasteiger partial charge in [0.15, 0.2) is 13.2 Å². The van der Waals surface area contributed by atoms with E-state index in [1.165, 1.54) is 19.2 Å². The number of ether oxygens (including phenoxy) is 2. The van der Waals surface area contributed by atoms with E-state index in [0.717, 1.165) is 6.07 Å². The molecule has 0 spiro atoms. The molecule has 0 saturated heterocycles. The highest BCUT2D eigenvalue weighted by molar-refractivity contribution is 5.53. The first-order valence-corrected chi connectivity index (χ1v) is 5.31. The summed E-state index contributed by atoms with van der Waals surface area (Å²) < 4.78 is 81.0. The molecule has 0 heterocycles. The third-order valence-corrected chi connectivity index (χ3v) is 1.97. The summed E-state index contributed by atoms with van der Waals surface area (Å²) in [6.45, 7) is -3.09. The SMILES string of the molecule is CNc1cc(OCC(F)(F)F)cc(OCC(F)(F)F)c1. The molecule has 114 valence electrons. The lowest BCUT2D eigenvalue weighted by Gasteiger charge is -2.14. The van der Waals surface area contributed by atoms with Crippen molar-refractivity contribution in [3.8, 4) is 11.5 Å². The van der Waals surface area contributed by atoms with Crippen LogP contribution in [0.25, 0.3) is 0 Å². The Morgan fingerprint density at radius 1 is 0.850 bits per heavy atom. The first-order chi connectivity index (χ1) is 9.09. The van der Waals surface area contributed by atoms with Gasteiger partial charge in [0.05, 0.1) is 0 Å². The van der Waals surface area contributed by atoms with E-state index >= 15 is 0 Å². The van der Waals surface area contributed by atoms with Gasteiger partial charge in [0.25, 0.3) is 0 Å². The number of halogens is 6. The fourth-order valence-corrected chi connectivity index (χ4v) is 1.21. The lowest BCUT2D eigenvalue weighted by atomic mass is 10.3. The van der Waals surface area contributed by atoms with Crippen LogP contribution in [0.3, 0.4) is 0 Å². The Morgan fingerprint density at radius 2 is 1.25 bits per heavy atom. The minimum Gasteiger partial charge on any atom is -0.484 e. The summed E-state index contributed by atoms with van der Waals surface area (Å²) in [7, 11) is 1.45. The molecule has 1 N–H and O–H groups in total. The van der Waals surface area contributed by atoms with Crippen molar-refractivity contribution in [2.75, 3.05) is 25.6 Å². The number of alkyl halides is 6. The summed E-state index contributed by atoms with van der Waals surface area (Å²) in [6.07, 6.45) is -9.08. The van der Waals surface area contributed by atoms with E-state index in [-0.39, 0.29) is 17.2 Å². The molecule has 9 heteroatoms. The van der Waals surface area contributed by atoms with Crippen molar-refractivity contribution in [1.82, 2.24) is 0 Å². The average Bonchev–Trinajstić information content (AvgIpc) is 2.32. The van der Waals surface area contributed by atoms with Crippen LogP contribution in [0.15, 0.2) is 18.2 Å². The molecule has 0 saturated carbocycles. The normalized spacial score (nSPS) is 12.2. The number of benzene rings is 1. The van der Waals surface area contributed by atoms with Gasteiger partial charge in [0.1, 0.15) is 11.5 Å². The molecule has 3 nitrogen and oxygen atoms in total. The highest BCUT2D eigenvalue weighted by atomic mass is 19.4. The minimum atomic E-state index is -4.54. The summed E-state index contributed by atoms with van der Waals surface area (Å²) in [5.41, 5.74) is 0.266. The zero-order valence-corrected chi connectivity index (χ0v) is 10.2. The van der Waals surface area contributed by atoms with Crippen LogP contribution in [-0.2, 0) is 0 Å². The zero-order chi connectivity index (χ0) is 15.4. The Kier molecular flexibility index (Phi) is 4.96. The van der Waals surface area contributed by atoms with Gasteiger partial charge in [-0.2, -0.15) is 26.3 Å². The molecule has 0 atom stereocenters. The van der Waals surface area contributed by atoms with Crippen molar-refractivity contribution in [1.29, 1.82) is 0 Å². The van der Waals surface area contributed by atoms with Crippen LogP contribution in [0.4, 0.5) is 32.0 Å². The molecular weight excluding hydrogens is 292 g/mol. The molecule has 0 aliphatic heterocycles. The maximum Gasteiger partial charge on any atom is 0.422 e. The number of nitrogens with one attached hydrogen (secondary N) is 1. The van der Waals surface area contributed by atoms with Crippen LogP contribution in [0.5, 0.6) is 11.5 Å². The van der Waals surface area contributed by atoms with E-state index in [2.05, 4.69) is 14.8 Å². The predicted molar refractivity (Wildman–Crippen MR) is 59.1 cm³/mol. The van der Waals surface area contributed by atoms with E-state index < -0.39 is 25.6 Å². The summed E-state index contributed by atoms with van der Waals surface area (Å²) >= 11 is 0.